The van der Waals surface area contributed by atoms with Crippen molar-refractivity contribution in [3.8, 4) is 0 Å². The van der Waals surface area contributed by atoms with Crippen molar-refractivity contribution in [2.45, 2.75) is 26.1 Å². The molecule has 0 bridgehead atoms. The maximum atomic E-state index is 9.22. The number of β-amino-alcohol motifs (C(OH)–C–C–N with tert-alkyl or cyclic N) is 2. The zero-order valence-electron chi connectivity index (χ0n) is 9.19. The Bertz CT molecular complexity index is 136. The third-order valence-corrected chi connectivity index (χ3v) is 2.51. The van der Waals surface area contributed by atoms with Crippen LogP contribution in [0.3, 0.4) is 0 Å². The normalized spacial score (nSPS) is 24.9. The fourth-order valence-corrected chi connectivity index (χ4v) is 1.90. The molecule has 4 nitrogen and oxygen atoms in total. The van der Waals surface area contributed by atoms with E-state index in [1.54, 1.807) is 0 Å². The molecule has 0 spiro atoms. The molecule has 0 aromatic rings. The Morgan fingerprint density at radius 3 is 1.36 bits per heavy atom. The monoisotopic (exact) mass is 202 g/mol. The van der Waals surface area contributed by atoms with E-state index >= 15 is 0 Å². The average Bonchev–Trinajstić information content (AvgIpc) is 2.06. The molecule has 2 N–H and O–H groups in total. The lowest BCUT2D eigenvalue weighted by Gasteiger charge is -2.35. The Balaban J connectivity index is 2.17. The number of hydrogen-bond acceptors (Lipinski definition) is 4. The topological polar surface area (TPSA) is 46.9 Å². The smallest absolute Gasteiger partial charge is 0.0639 e. The second-order valence-corrected chi connectivity index (χ2v) is 4.30. The largest absolute Gasteiger partial charge is 0.392 e. The minimum Gasteiger partial charge on any atom is -0.392 e. The molecular formula is C10H22N2O2. The molecule has 2 atom stereocenters. The van der Waals surface area contributed by atoms with Crippen LogP contribution in [0.1, 0.15) is 13.8 Å². The highest BCUT2D eigenvalue weighted by molar-refractivity contribution is 4.74. The van der Waals surface area contributed by atoms with Crippen LogP contribution in [0.2, 0.25) is 0 Å². The zero-order chi connectivity index (χ0) is 10.6. The molecular weight excluding hydrogens is 180 g/mol. The van der Waals surface area contributed by atoms with Gasteiger partial charge in [-0.1, -0.05) is 0 Å². The van der Waals surface area contributed by atoms with E-state index in [1.165, 1.54) is 0 Å². The van der Waals surface area contributed by atoms with Gasteiger partial charge in [-0.15, -0.1) is 0 Å². The minimum absolute atomic E-state index is 0.238. The molecule has 1 saturated heterocycles. The number of rotatable bonds is 4. The van der Waals surface area contributed by atoms with Gasteiger partial charge < -0.3 is 10.2 Å². The van der Waals surface area contributed by atoms with Crippen LogP contribution < -0.4 is 0 Å². The molecule has 1 heterocycles. The van der Waals surface area contributed by atoms with E-state index in [0.717, 1.165) is 39.3 Å². The van der Waals surface area contributed by atoms with E-state index < -0.39 is 0 Å². The maximum absolute atomic E-state index is 9.22. The molecule has 0 aromatic heterocycles. The van der Waals surface area contributed by atoms with Crippen LogP contribution in [0.5, 0.6) is 0 Å². The third kappa shape index (κ3) is 4.37. The van der Waals surface area contributed by atoms with Gasteiger partial charge in [0.05, 0.1) is 12.2 Å². The lowest BCUT2D eigenvalue weighted by atomic mass is 10.2. The van der Waals surface area contributed by atoms with E-state index in [0.29, 0.717) is 0 Å². The molecule has 1 rings (SSSR count). The van der Waals surface area contributed by atoms with Gasteiger partial charge in [0.15, 0.2) is 0 Å². The minimum atomic E-state index is -0.238. The molecule has 4 heteroatoms. The van der Waals surface area contributed by atoms with Gasteiger partial charge in [0.2, 0.25) is 0 Å². The van der Waals surface area contributed by atoms with Crippen LogP contribution in [0.25, 0.3) is 0 Å². The third-order valence-electron chi connectivity index (χ3n) is 2.51. The SMILES string of the molecule is C[C@H](O)CN1CCN(C[C@@H](C)O)CC1. The number of aliphatic hydroxyl groups excluding tert-OH is 2. The Hall–Kier alpha value is -0.160. The van der Waals surface area contributed by atoms with Crippen LogP contribution in [-0.4, -0.2) is 71.5 Å². The Labute approximate surface area is 86.1 Å². The molecule has 1 aliphatic rings. The van der Waals surface area contributed by atoms with Gasteiger partial charge in [0.25, 0.3) is 0 Å². The van der Waals surface area contributed by atoms with E-state index in [2.05, 4.69) is 9.80 Å². The Morgan fingerprint density at radius 2 is 1.14 bits per heavy atom. The van der Waals surface area contributed by atoms with Crippen molar-refractivity contribution in [2.24, 2.45) is 0 Å². The van der Waals surface area contributed by atoms with Gasteiger partial charge in [-0.25, -0.2) is 0 Å². The van der Waals surface area contributed by atoms with E-state index in [1.807, 2.05) is 13.8 Å². The molecule has 0 saturated carbocycles. The number of nitrogens with zero attached hydrogens (tertiary/aromatic N) is 2. The predicted molar refractivity (Wildman–Crippen MR) is 56.2 cm³/mol. The summed E-state index contributed by atoms with van der Waals surface area (Å²) < 4.78 is 0. The van der Waals surface area contributed by atoms with Crippen molar-refractivity contribution >= 4 is 0 Å². The lowest BCUT2D eigenvalue weighted by molar-refractivity contribution is 0.0576. The van der Waals surface area contributed by atoms with Crippen LogP contribution in [0, 0.1) is 0 Å². The fraction of sp³-hybridized carbons (Fsp3) is 1.00. The summed E-state index contributed by atoms with van der Waals surface area (Å²) in [5.74, 6) is 0. The summed E-state index contributed by atoms with van der Waals surface area (Å²) in [6.45, 7) is 9.17. The van der Waals surface area contributed by atoms with Crippen LogP contribution in [0.15, 0.2) is 0 Å². The molecule has 0 aromatic carbocycles. The quantitative estimate of drug-likeness (QED) is 0.637. The number of aliphatic hydroxyl groups is 2. The summed E-state index contributed by atoms with van der Waals surface area (Å²) in [6, 6.07) is 0. The molecule has 0 radical (unpaired) electrons. The molecule has 84 valence electrons. The summed E-state index contributed by atoms with van der Waals surface area (Å²) in [4.78, 5) is 4.53. The van der Waals surface area contributed by atoms with Crippen molar-refractivity contribution in [3.05, 3.63) is 0 Å². The molecule has 0 unspecified atom stereocenters. The van der Waals surface area contributed by atoms with Crippen molar-refractivity contribution < 1.29 is 10.2 Å². The highest BCUT2D eigenvalue weighted by Gasteiger charge is 2.18. The van der Waals surface area contributed by atoms with Gasteiger partial charge >= 0.3 is 0 Å². The molecule has 1 aliphatic heterocycles. The van der Waals surface area contributed by atoms with Crippen LogP contribution in [0.4, 0.5) is 0 Å². The molecule has 14 heavy (non-hydrogen) atoms. The predicted octanol–water partition coefficient (Wildman–Crippen LogP) is -0.634. The first kappa shape index (κ1) is 11.9. The Kier molecular flexibility index (Phi) is 4.81. The van der Waals surface area contributed by atoms with Crippen molar-refractivity contribution in [1.29, 1.82) is 0 Å². The summed E-state index contributed by atoms with van der Waals surface area (Å²) in [6.07, 6.45) is -0.475. The summed E-state index contributed by atoms with van der Waals surface area (Å²) in [5.41, 5.74) is 0. The van der Waals surface area contributed by atoms with Gasteiger partial charge in [0, 0.05) is 39.3 Å². The molecule has 0 amide bonds. The van der Waals surface area contributed by atoms with Gasteiger partial charge in [-0.05, 0) is 13.8 Å². The van der Waals surface area contributed by atoms with E-state index in [4.69, 9.17) is 0 Å². The second kappa shape index (κ2) is 5.66. The number of piperazine rings is 1. The van der Waals surface area contributed by atoms with E-state index in [-0.39, 0.29) is 12.2 Å². The van der Waals surface area contributed by atoms with Crippen molar-refractivity contribution in [2.75, 3.05) is 39.3 Å². The van der Waals surface area contributed by atoms with Crippen molar-refractivity contribution in [3.63, 3.8) is 0 Å². The van der Waals surface area contributed by atoms with Crippen LogP contribution >= 0.6 is 0 Å². The number of hydrogen-bond donors (Lipinski definition) is 2. The van der Waals surface area contributed by atoms with E-state index in [9.17, 15) is 10.2 Å². The standard InChI is InChI=1S/C10H22N2O2/c1-9(13)7-11-3-5-12(6-4-11)8-10(2)14/h9-10,13-14H,3-8H2,1-2H3/t9-,10+. The van der Waals surface area contributed by atoms with Crippen LogP contribution in [-0.2, 0) is 0 Å². The molecule has 0 aliphatic carbocycles. The Morgan fingerprint density at radius 1 is 0.857 bits per heavy atom. The first-order chi connectivity index (χ1) is 6.58. The summed E-state index contributed by atoms with van der Waals surface area (Å²) in [5, 5.41) is 18.4. The fourth-order valence-electron chi connectivity index (χ4n) is 1.90. The first-order valence-electron chi connectivity index (χ1n) is 5.38. The lowest BCUT2D eigenvalue weighted by Crippen LogP contribution is -2.49. The highest BCUT2D eigenvalue weighted by Crippen LogP contribution is 2.03. The molecule has 1 fully saturated rings. The first-order valence-corrected chi connectivity index (χ1v) is 5.38. The van der Waals surface area contributed by atoms with Gasteiger partial charge in [0.1, 0.15) is 0 Å². The second-order valence-electron chi connectivity index (χ2n) is 4.30. The van der Waals surface area contributed by atoms with Gasteiger partial charge in [-0.2, -0.15) is 0 Å². The zero-order valence-corrected chi connectivity index (χ0v) is 9.19. The average molecular weight is 202 g/mol. The summed E-state index contributed by atoms with van der Waals surface area (Å²) in [7, 11) is 0. The van der Waals surface area contributed by atoms with Crippen molar-refractivity contribution in [1.82, 2.24) is 9.80 Å². The van der Waals surface area contributed by atoms with Gasteiger partial charge in [-0.3, -0.25) is 9.80 Å². The summed E-state index contributed by atoms with van der Waals surface area (Å²) >= 11 is 0. The highest BCUT2D eigenvalue weighted by atomic mass is 16.3. The maximum Gasteiger partial charge on any atom is 0.0639 e.